The average molecular weight is 458 g/mol. The third kappa shape index (κ3) is 5.27. The zero-order valence-corrected chi connectivity index (χ0v) is 18.5. The molecule has 0 unspecified atom stereocenters. The maximum Gasteiger partial charge on any atom is 0.338 e. The highest BCUT2D eigenvalue weighted by molar-refractivity contribution is 7.89. The molecule has 9 nitrogen and oxygen atoms in total. The second-order valence-electron chi connectivity index (χ2n) is 6.37. The van der Waals surface area contributed by atoms with Crippen molar-refractivity contribution in [3.63, 3.8) is 0 Å². The number of methoxy groups -OCH3 is 2. The molecule has 2 aromatic carbocycles. The van der Waals surface area contributed by atoms with Crippen LogP contribution in [0.2, 0.25) is 0 Å². The lowest BCUT2D eigenvalue weighted by atomic mass is 10.1. The fraction of sp³-hybridized carbons (Fsp3) is 0.182. The monoisotopic (exact) mass is 458 g/mol. The number of hydrogen-bond acceptors (Lipinski definition) is 8. The molecule has 0 aliphatic carbocycles. The minimum atomic E-state index is -3.92. The lowest BCUT2D eigenvalue weighted by Crippen LogP contribution is -2.18. The first kappa shape index (κ1) is 22.9. The smallest absolute Gasteiger partial charge is 0.338 e. The Morgan fingerprint density at radius 2 is 1.75 bits per heavy atom. The van der Waals surface area contributed by atoms with Crippen LogP contribution in [0.1, 0.15) is 23.0 Å². The summed E-state index contributed by atoms with van der Waals surface area (Å²) in [7, 11) is -1.05. The second-order valence-corrected chi connectivity index (χ2v) is 8.03. The van der Waals surface area contributed by atoms with Gasteiger partial charge in [0, 0.05) is 11.6 Å². The molecule has 0 amide bonds. The van der Waals surface area contributed by atoms with Crippen LogP contribution in [-0.4, -0.2) is 41.4 Å². The van der Waals surface area contributed by atoms with E-state index in [1.165, 1.54) is 38.6 Å². The quantitative estimate of drug-likeness (QED) is 0.296. The lowest BCUT2D eigenvalue weighted by molar-refractivity contribution is 0.0526. The Hall–Kier alpha value is -3.79. The van der Waals surface area contributed by atoms with Crippen molar-refractivity contribution in [1.29, 1.82) is 0 Å². The number of furan rings is 1. The van der Waals surface area contributed by atoms with Crippen LogP contribution < -0.4 is 14.3 Å². The Balaban J connectivity index is 1.69. The van der Waals surface area contributed by atoms with Crippen LogP contribution in [0.25, 0.3) is 11.3 Å². The number of carbonyl (C=O) groups excluding carboxylic acids is 1. The van der Waals surface area contributed by atoms with E-state index in [9.17, 15) is 13.2 Å². The van der Waals surface area contributed by atoms with E-state index in [0.717, 1.165) is 5.56 Å². The Morgan fingerprint density at radius 3 is 2.41 bits per heavy atom. The SMILES string of the molecule is CCOC(=O)c1ccc(-c2ccc(C=NNS(=O)(=O)c3ccc(OC)c(OC)c3)o2)cc1. The molecule has 10 heteroatoms. The van der Waals surface area contributed by atoms with Gasteiger partial charge in [0.25, 0.3) is 10.0 Å². The van der Waals surface area contributed by atoms with E-state index in [0.29, 0.717) is 29.4 Å². The summed E-state index contributed by atoms with van der Waals surface area (Å²) in [5.41, 5.74) is 1.18. The molecule has 1 heterocycles. The first-order chi connectivity index (χ1) is 15.4. The van der Waals surface area contributed by atoms with Crippen LogP contribution in [0.4, 0.5) is 0 Å². The summed E-state index contributed by atoms with van der Waals surface area (Å²) in [5, 5.41) is 3.76. The molecule has 0 bridgehead atoms. The minimum absolute atomic E-state index is 0.0332. The van der Waals surface area contributed by atoms with Crippen molar-refractivity contribution in [2.75, 3.05) is 20.8 Å². The fourth-order valence-electron chi connectivity index (χ4n) is 2.76. The van der Waals surface area contributed by atoms with E-state index in [-0.39, 0.29) is 10.6 Å². The van der Waals surface area contributed by atoms with E-state index < -0.39 is 16.0 Å². The summed E-state index contributed by atoms with van der Waals surface area (Å²) in [6.45, 7) is 2.05. The largest absolute Gasteiger partial charge is 0.493 e. The lowest BCUT2D eigenvalue weighted by Gasteiger charge is -2.09. The average Bonchev–Trinajstić information content (AvgIpc) is 3.27. The molecule has 3 rings (SSSR count). The first-order valence-electron chi connectivity index (χ1n) is 9.52. The third-order valence-corrected chi connectivity index (χ3v) is 5.56. The number of rotatable bonds is 9. The van der Waals surface area contributed by atoms with Crippen molar-refractivity contribution in [2.24, 2.45) is 5.10 Å². The van der Waals surface area contributed by atoms with E-state index in [4.69, 9.17) is 18.6 Å². The predicted octanol–water partition coefficient (Wildman–Crippen LogP) is 3.45. The molecular weight excluding hydrogens is 436 g/mol. The zero-order chi connectivity index (χ0) is 23.1. The molecule has 32 heavy (non-hydrogen) atoms. The van der Waals surface area contributed by atoms with E-state index in [2.05, 4.69) is 9.93 Å². The molecular formula is C22H22N2O7S. The van der Waals surface area contributed by atoms with E-state index >= 15 is 0 Å². The van der Waals surface area contributed by atoms with Gasteiger partial charge in [0.15, 0.2) is 11.5 Å². The minimum Gasteiger partial charge on any atom is -0.493 e. The standard InChI is InChI=1S/C22H22N2O7S/c1-4-30-22(25)16-7-5-15(6-8-16)19-11-9-17(31-19)14-23-24-32(26,27)18-10-12-20(28-2)21(13-18)29-3/h5-14,24H,4H2,1-3H3. The molecule has 3 aromatic rings. The highest BCUT2D eigenvalue weighted by Gasteiger charge is 2.16. The van der Waals surface area contributed by atoms with Crippen LogP contribution in [0, 0.1) is 0 Å². The molecule has 0 saturated carbocycles. The number of carbonyl (C=O) groups is 1. The third-order valence-electron chi connectivity index (χ3n) is 4.34. The summed E-state index contributed by atoms with van der Waals surface area (Å²) >= 11 is 0. The second kappa shape index (κ2) is 10.0. The van der Waals surface area contributed by atoms with Gasteiger partial charge in [-0.2, -0.15) is 18.4 Å². The van der Waals surface area contributed by atoms with Crippen molar-refractivity contribution in [2.45, 2.75) is 11.8 Å². The predicted molar refractivity (Wildman–Crippen MR) is 118 cm³/mol. The van der Waals surface area contributed by atoms with Crippen molar-refractivity contribution in [1.82, 2.24) is 4.83 Å². The van der Waals surface area contributed by atoms with Gasteiger partial charge in [0.1, 0.15) is 11.5 Å². The number of hydrogen-bond donors (Lipinski definition) is 1. The number of esters is 1. The van der Waals surface area contributed by atoms with Crippen LogP contribution in [0.15, 0.2) is 69.0 Å². The van der Waals surface area contributed by atoms with Gasteiger partial charge in [0.2, 0.25) is 0 Å². The molecule has 0 saturated heterocycles. The molecule has 1 N–H and O–H groups in total. The topological polar surface area (TPSA) is 116 Å². The fourth-order valence-corrected chi connectivity index (χ4v) is 3.56. The van der Waals surface area contributed by atoms with Gasteiger partial charge in [-0.3, -0.25) is 0 Å². The molecule has 0 fully saturated rings. The van der Waals surface area contributed by atoms with Crippen LogP contribution in [0.5, 0.6) is 11.5 Å². The normalized spacial score (nSPS) is 11.3. The number of benzene rings is 2. The van der Waals surface area contributed by atoms with Crippen LogP contribution in [-0.2, 0) is 14.8 Å². The van der Waals surface area contributed by atoms with Crippen molar-refractivity contribution in [3.8, 4) is 22.8 Å². The highest BCUT2D eigenvalue weighted by atomic mass is 32.2. The maximum absolute atomic E-state index is 12.5. The van der Waals surface area contributed by atoms with Gasteiger partial charge in [-0.05, 0) is 43.3 Å². The Morgan fingerprint density at radius 1 is 1.03 bits per heavy atom. The van der Waals surface area contributed by atoms with Gasteiger partial charge < -0.3 is 18.6 Å². The number of sulfonamides is 1. The van der Waals surface area contributed by atoms with Gasteiger partial charge >= 0.3 is 5.97 Å². The molecule has 1 aromatic heterocycles. The highest BCUT2D eigenvalue weighted by Crippen LogP contribution is 2.29. The zero-order valence-electron chi connectivity index (χ0n) is 17.7. The molecule has 0 atom stereocenters. The van der Waals surface area contributed by atoms with Crippen molar-refractivity contribution >= 4 is 22.2 Å². The van der Waals surface area contributed by atoms with Gasteiger partial charge in [0.05, 0.1) is 37.5 Å². The summed E-state index contributed by atoms with van der Waals surface area (Å²) in [5.74, 6) is 1.17. The Bertz CT molecular complexity index is 1220. The summed E-state index contributed by atoms with van der Waals surface area (Å²) in [4.78, 5) is 13.8. The molecule has 0 aliphatic rings. The van der Waals surface area contributed by atoms with E-state index in [1.54, 1.807) is 43.3 Å². The van der Waals surface area contributed by atoms with Crippen molar-refractivity contribution < 1.29 is 31.8 Å². The molecule has 0 spiro atoms. The maximum atomic E-state index is 12.5. The Kier molecular flexibility index (Phi) is 7.16. The molecule has 0 aliphatic heterocycles. The van der Waals surface area contributed by atoms with Gasteiger partial charge in [-0.1, -0.05) is 12.1 Å². The van der Waals surface area contributed by atoms with Crippen LogP contribution >= 0.6 is 0 Å². The number of ether oxygens (including phenoxy) is 3. The number of hydrazone groups is 1. The van der Waals surface area contributed by atoms with Crippen LogP contribution in [0.3, 0.4) is 0 Å². The number of nitrogens with zero attached hydrogens (tertiary/aromatic N) is 1. The molecule has 0 radical (unpaired) electrons. The van der Waals surface area contributed by atoms with E-state index in [1.807, 2.05) is 0 Å². The summed E-state index contributed by atoms with van der Waals surface area (Å²) in [6, 6.07) is 14.3. The summed E-state index contributed by atoms with van der Waals surface area (Å²) < 4.78 is 45.8. The molecule has 168 valence electrons. The first-order valence-corrected chi connectivity index (χ1v) is 11.0. The Labute approximate surface area is 185 Å². The van der Waals surface area contributed by atoms with Gasteiger partial charge in [-0.15, -0.1) is 0 Å². The van der Waals surface area contributed by atoms with Gasteiger partial charge in [-0.25, -0.2) is 4.79 Å². The van der Waals surface area contributed by atoms with Crippen molar-refractivity contribution in [3.05, 3.63) is 65.9 Å². The number of nitrogens with one attached hydrogen (secondary N) is 1. The summed E-state index contributed by atoms with van der Waals surface area (Å²) in [6.07, 6.45) is 1.24.